The molecule has 0 spiro atoms. The maximum Gasteiger partial charge on any atom is 0.255 e. The van der Waals surface area contributed by atoms with Crippen molar-refractivity contribution < 1.29 is 9.59 Å². The molecule has 1 saturated heterocycles. The van der Waals surface area contributed by atoms with Gasteiger partial charge in [-0.3, -0.25) is 9.59 Å². The largest absolute Gasteiger partial charge is 0.369 e. The van der Waals surface area contributed by atoms with Gasteiger partial charge in [0.05, 0.1) is 6.42 Å². The average molecular weight is 393 g/mol. The van der Waals surface area contributed by atoms with Crippen LogP contribution in [0.2, 0.25) is 0 Å². The van der Waals surface area contributed by atoms with Gasteiger partial charge in [0.2, 0.25) is 5.91 Å². The summed E-state index contributed by atoms with van der Waals surface area (Å²) in [5.74, 6) is -0.0705. The molecule has 6 nitrogen and oxygen atoms in total. The van der Waals surface area contributed by atoms with Gasteiger partial charge in [0, 0.05) is 49.2 Å². The van der Waals surface area contributed by atoms with Crippen molar-refractivity contribution in [2.24, 2.45) is 0 Å². The highest BCUT2D eigenvalue weighted by Crippen LogP contribution is 2.20. The van der Waals surface area contributed by atoms with Crippen LogP contribution in [-0.4, -0.2) is 56.0 Å². The lowest BCUT2D eigenvalue weighted by molar-refractivity contribution is -0.120. The Labute approximate surface area is 171 Å². The first-order valence-electron chi connectivity index (χ1n) is 10.3. The van der Waals surface area contributed by atoms with Gasteiger partial charge in [0.15, 0.2) is 0 Å². The maximum atomic E-state index is 12.5. The van der Waals surface area contributed by atoms with Crippen molar-refractivity contribution >= 4 is 23.2 Å². The average Bonchev–Trinajstić information content (AvgIpc) is 3.54. The molecule has 0 unspecified atom stereocenters. The molecule has 0 aromatic heterocycles. The van der Waals surface area contributed by atoms with E-state index < -0.39 is 0 Å². The molecule has 0 radical (unpaired) electrons. The number of carbonyl (C=O) groups excluding carboxylic acids is 2. The number of hydrogen-bond donors (Lipinski definition) is 2. The van der Waals surface area contributed by atoms with E-state index >= 15 is 0 Å². The highest BCUT2D eigenvalue weighted by molar-refractivity contribution is 6.04. The molecule has 1 heterocycles. The number of carbonyl (C=O) groups is 2. The minimum absolute atomic E-state index is 0.0599. The van der Waals surface area contributed by atoms with Crippen LogP contribution < -0.4 is 15.5 Å². The van der Waals surface area contributed by atoms with Crippen molar-refractivity contribution in [3.8, 4) is 0 Å². The molecule has 29 heavy (non-hydrogen) atoms. The van der Waals surface area contributed by atoms with E-state index in [1.165, 1.54) is 0 Å². The third-order valence-electron chi connectivity index (χ3n) is 5.52. The van der Waals surface area contributed by atoms with Crippen LogP contribution in [0.3, 0.4) is 0 Å². The van der Waals surface area contributed by atoms with Crippen molar-refractivity contribution in [3.63, 3.8) is 0 Å². The van der Waals surface area contributed by atoms with E-state index in [9.17, 15) is 9.59 Å². The monoisotopic (exact) mass is 392 g/mol. The normalized spacial score (nSPS) is 17.1. The second-order valence-corrected chi connectivity index (χ2v) is 8.01. The van der Waals surface area contributed by atoms with Gasteiger partial charge in [-0.05, 0) is 61.9 Å². The van der Waals surface area contributed by atoms with Gasteiger partial charge in [0.25, 0.3) is 5.91 Å². The van der Waals surface area contributed by atoms with Crippen molar-refractivity contribution in [2.75, 3.05) is 43.4 Å². The number of anilines is 2. The van der Waals surface area contributed by atoms with Crippen LogP contribution in [0.15, 0.2) is 48.5 Å². The number of rotatable bonds is 6. The standard InChI is InChI=1S/C23H28N4O2/c1-26-12-14-27(15-13-26)21-10-4-18(5-11-21)23(29)25-20-6-2-17(3-7-20)16-22(28)24-19-8-9-19/h2-7,10-11,19H,8-9,12-16H2,1H3,(H,24,28)(H,25,29). The van der Waals surface area contributed by atoms with Crippen LogP contribution in [0.5, 0.6) is 0 Å². The SMILES string of the molecule is CN1CCN(c2ccc(C(=O)Nc3ccc(CC(=O)NC4CC4)cc3)cc2)CC1. The number of nitrogens with zero attached hydrogens (tertiary/aromatic N) is 2. The summed E-state index contributed by atoms with van der Waals surface area (Å²) in [7, 11) is 2.14. The first-order chi connectivity index (χ1) is 14.1. The molecule has 6 heteroatoms. The highest BCUT2D eigenvalue weighted by atomic mass is 16.2. The Morgan fingerprint density at radius 1 is 0.931 bits per heavy atom. The lowest BCUT2D eigenvalue weighted by Crippen LogP contribution is -2.44. The topological polar surface area (TPSA) is 64.7 Å². The number of amides is 2. The van der Waals surface area contributed by atoms with E-state index in [1.54, 1.807) is 0 Å². The Morgan fingerprint density at radius 3 is 2.21 bits per heavy atom. The van der Waals surface area contributed by atoms with Crippen LogP contribution >= 0.6 is 0 Å². The maximum absolute atomic E-state index is 12.5. The second kappa shape index (κ2) is 8.66. The number of nitrogens with one attached hydrogen (secondary N) is 2. The molecule has 2 aromatic rings. The third kappa shape index (κ3) is 5.35. The summed E-state index contributed by atoms with van der Waals surface area (Å²) in [6, 6.07) is 15.6. The van der Waals surface area contributed by atoms with Gasteiger partial charge in [-0.2, -0.15) is 0 Å². The van der Waals surface area contributed by atoms with Gasteiger partial charge < -0.3 is 20.4 Å². The zero-order chi connectivity index (χ0) is 20.2. The smallest absolute Gasteiger partial charge is 0.255 e. The Hall–Kier alpha value is -2.86. The molecule has 1 aliphatic carbocycles. The predicted molar refractivity (Wildman–Crippen MR) is 115 cm³/mol. The van der Waals surface area contributed by atoms with E-state index in [2.05, 4.69) is 27.5 Å². The summed E-state index contributed by atoms with van der Waals surface area (Å²) in [5, 5.41) is 5.91. The van der Waals surface area contributed by atoms with E-state index in [-0.39, 0.29) is 11.8 Å². The van der Waals surface area contributed by atoms with Gasteiger partial charge in [-0.1, -0.05) is 12.1 Å². The Balaban J connectivity index is 1.30. The van der Waals surface area contributed by atoms with Gasteiger partial charge in [-0.25, -0.2) is 0 Å². The fraction of sp³-hybridized carbons (Fsp3) is 0.391. The lowest BCUT2D eigenvalue weighted by atomic mass is 10.1. The Bertz CT molecular complexity index is 851. The summed E-state index contributed by atoms with van der Waals surface area (Å²) in [5.41, 5.74) is 3.46. The molecule has 2 amide bonds. The summed E-state index contributed by atoms with van der Waals surface area (Å²) >= 11 is 0. The van der Waals surface area contributed by atoms with Gasteiger partial charge in [-0.15, -0.1) is 0 Å². The molecule has 4 rings (SSSR count). The van der Waals surface area contributed by atoms with Crippen LogP contribution in [0, 0.1) is 0 Å². The fourth-order valence-electron chi connectivity index (χ4n) is 3.49. The molecule has 1 aliphatic heterocycles. The van der Waals surface area contributed by atoms with E-state index in [0.29, 0.717) is 18.0 Å². The molecular formula is C23H28N4O2. The Morgan fingerprint density at radius 2 is 1.59 bits per heavy atom. The van der Waals surface area contributed by atoms with Crippen molar-refractivity contribution in [2.45, 2.75) is 25.3 Å². The third-order valence-corrected chi connectivity index (χ3v) is 5.52. The number of benzene rings is 2. The molecule has 2 N–H and O–H groups in total. The van der Waals surface area contributed by atoms with Crippen LogP contribution in [0.25, 0.3) is 0 Å². The molecule has 2 aromatic carbocycles. The first kappa shape index (κ1) is 19.5. The molecule has 2 aliphatic rings. The second-order valence-electron chi connectivity index (χ2n) is 8.01. The van der Waals surface area contributed by atoms with Crippen LogP contribution in [-0.2, 0) is 11.2 Å². The fourth-order valence-corrected chi connectivity index (χ4v) is 3.49. The van der Waals surface area contributed by atoms with Gasteiger partial charge >= 0.3 is 0 Å². The molecule has 0 atom stereocenters. The predicted octanol–water partition coefficient (Wildman–Crippen LogP) is 2.51. The highest BCUT2D eigenvalue weighted by Gasteiger charge is 2.23. The first-order valence-corrected chi connectivity index (χ1v) is 10.3. The zero-order valence-corrected chi connectivity index (χ0v) is 16.9. The van der Waals surface area contributed by atoms with Crippen LogP contribution in [0.4, 0.5) is 11.4 Å². The number of hydrogen-bond acceptors (Lipinski definition) is 4. The van der Waals surface area contributed by atoms with Gasteiger partial charge in [0.1, 0.15) is 0 Å². The number of likely N-dealkylation sites (N-methyl/N-ethyl adjacent to an activating group) is 1. The van der Waals surface area contributed by atoms with E-state index in [4.69, 9.17) is 0 Å². The van der Waals surface area contributed by atoms with E-state index in [1.807, 2.05) is 48.5 Å². The molecule has 2 fully saturated rings. The molecular weight excluding hydrogens is 364 g/mol. The summed E-state index contributed by atoms with van der Waals surface area (Å²) in [4.78, 5) is 29.1. The van der Waals surface area contributed by atoms with Crippen molar-refractivity contribution in [1.82, 2.24) is 10.2 Å². The van der Waals surface area contributed by atoms with Crippen molar-refractivity contribution in [1.29, 1.82) is 0 Å². The summed E-state index contributed by atoms with van der Waals surface area (Å²) in [6.07, 6.45) is 2.55. The number of piperazine rings is 1. The molecule has 0 bridgehead atoms. The zero-order valence-electron chi connectivity index (χ0n) is 16.9. The summed E-state index contributed by atoms with van der Waals surface area (Å²) in [6.45, 7) is 4.13. The Kier molecular flexibility index (Phi) is 5.81. The van der Waals surface area contributed by atoms with E-state index in [0.717, 1.165) is 56.0 Å². The minimum Gasteiger partial charge on any atom is -0.369 e. The minimum atomic E-state index is -0.130. The van der Waals surface area contributed by atoms with Crippen LogP contribution in [0.1, 0.15) is 28.8 Å². The quantitative estimate of drug-likeness (QED) is 0.793. The lowest BCUT2D eigenvalue weighted by Gasteiger charge is -2.34. The molecule has 152 valence electrons. The summed E-state index contributed by atoms with van der Waals surface area (Å²) < 4.78 is 0. The molecule has 1 saturated carbocycles. The van der Waals surface area contributed by atoms with Crippen molar-refractivity contribution in [3.05, 3.63) is 59.7 Å².